The quantitative estimate of drug-likeness (QED) is 0.868. The van der Waals surface area contributed by atoms with Gasteiger partial charge in [-0.25, -0.2) is 4.98 Å². The molecule has 0 unspecified atom stereocenters. The lowest BCUT2D eigenvalue weighted by Gasteiger charge is -2.03. The Morgan fingerprint density at radius 1 is 1.50 bits per heavy atom. The standard InChI is InChI=1S/C12H14N4OS/c1-8-2-3-9(5-14-8)6-15-12(17)10-7-18-11(4-13)16-10/h2-3,5,7H,4,6,13H2,1H3,(H,15,17). The second-order valence-corrected chi connectivity index (χ2v) is 4.76. The third-order valence-corrected chi connectivity index (χ3v) is 3.26. The Balaban J connectivity index is 1.93. The van der Waals surface area contributed by atoms with E-state index in [1.54, 1.807) is 11.6 Å². The number of thiazole rings is 1. The molecule has 2 aromatic rings. The van der Waals surface area contributed by atoms with Gasteiger partial charge in [0.05, 0.1) is 0 Å². The normalized spacial score (nSPS) is 10.3. The first kappa shape index (κ1) is 12.7. The van der Waals surface area contributed by atoms with Crippen LogP contribution < -0.4 is 11.1 Å². The number of nitrogens with one attached hydrogen (secondary N) is 1. The molecule has 1 amide bonds. The summed E-state index contributed by atoms with van der Waals surface area (Å²) < 4.78 is 0. The van der Waals surface area contributed by atoms with Crippen LogP contribution in [0, 0.1) is 6.92 Å². The number of aryl methyl sites for hydroxylation is 1. The molecule has 18 heavy (non-hydrogen) atoms. The molecular formula is C12H14N4OS. The van der Waals surface area contributed by atoms with Crippen molar-refractivity contribution in [3.8, 4) is 0 Å². The molecule has 0 saturated heterocycles. The Morgan fingerprint density at radius 2 is 2.33 bits per heavy atom. The average molecular weight is 262 g/mol. The van der Waals surface area contributed by atoms with Crippen molar-refractivity contribution < 1.29 is 4.79 Å². The van der Waals surface area contributed by atoms with E-state index in [0.717, 1.165) is 16.3 Å². The highest BCUT2D eigenvalue weighted by atomic mass is 32.1. The van der Waals surface area contributed by atoms with Crippen molar-refractivity contribution in [2.45, 2.75) is 20.0 Å². The average Bonchev–Trinajstić information content (AvgIpc) is 2.86. The molecule has 94 valence electrons. The third kappa shape index (κ3) is 3.12. The molecule has 3 N–H and O–H groups in total. The molecule has 0 fully saturated rings. The molecule has 0 saturated carbocycles. The van der Waals surface area contributed by atoms with E-state index in [1.165, 1.54) is 11.3 Å². The van der Waals surface area contributed by atoms with Gasteiger partial charge in [-0.15, -0.1) is 11.3 Å². The number of hydrogen-bond donors (Lipinski definition) is 2. The minimum atomic E-state index is -0.188. The Labute approximate surface area is 109 Å². The van der Waals surface area contributed by atoms with Crippen LogP contribution in [0.3, 0.4) is 0 Å². The molecule has 0 aliphatic heterocycles. The maximum absolute atomic E-state index is 11.8. The highest BCUT2D eigenvalue weighted by Gasteiger charge is 2.09. The highest BCUT2D eigenvalue weighted by molar-refractivity contribution is 7.09. The van der Waals surface area contributed by atoms with Gasteiger partial charge in [0.1, 0.15) is 10.7 Å². The van der Waals surface area contributed by atoms with E-state index in [0.29, 0.717) is 18.8 Å². The molecule has 2 aromatic heterocycles. The molecule has 0 aromatic carbocycles. The van der Waals surface area contributed by atoms with E-state index in [4.69, 9.17) is 5.73 Å². The molecule has 2 rings (SSSR count). The predicted molar refractivity (Wildman–Crippen MR) is 70.1 cm³/mol. The summed E-state index contributed by atoms with van der Waals surface area (Å²) in [4.78, 5) is 20.1. The number of rotatable bonds is 4. The monoisotopic (exact) mass is 262 g/mol. The highest BCUT2D eigenvalue weighted by Crippen LogP contribution is 2.08. The zero-order chi connectivity index (χ0) is 13.0. The van der Waals surface area contributed by atoms with Gasteiger partial charge in [-0.05, 0) is 18.6 Å². The van der Waals surface area contributed by atoms with Crippen LogP contribution >= 0.6 is 11.3 Å². The number of aromatic nitrogens is 2. The van der Waals surface area contributed by atoms with Crippen LogP contribution in [0.25, 0.3) is 0 Å². The molecule has 0 aliphatic rings. The van der Waals surface area contributed by atoms with Crippen LogP contribution in [0.5, 0.6) is 0 Å². The number of carbonyl (C=O) groups excluding carboxylic acids is 1. The van der Waals surface area contributed by atoms with Gasteiger partial charge in [0.25, 0.3) is 5.91 Å². The van der Waals surface area contributed by atoms with Crippen LogP contribution in [0.15, 0.2) is 23.7 Å². The predicted octanol–water partition coefficient (Wildman–Crippen LogP) is 1.24. The van der Waals surface area contributed by atoms with Crippen molar-refractivity contribution in [2.24, 2.45) is 5.73 Å². The molecule has 0 bridgehead atoms. The first-order valence-electron chi connectivity index (χ1n) is 5.53. The van der Waals surface area contributed by atoms with Crippen LogP contribution in [-0.4, -0.2) is 15.9 Å². The molecule has 2 heterocycles. The first-order valence-corrected chi connectivity index (χ1v) is 6.41. The van der Waals surface area contributed by atoms with E-state index in [1.807, 2.05) is 19.1 Å². The molecule has 5 nitrogen and oxygen atoms in total. The fourth-order valence-corrected chi connectivity index (χ4v) is 2.04. The van der Waals surface area contributed by atoms with Crippen molar-refractivity contribution in [1.29, 1.82) is 0 Å². The number of pyridine rings is 1. The number of amides is 1. The van der Waals surface area contributed by atoms with Gasteiger partial charge >= 0.3 is 0 Å². The minimum absolute atomic E-state index is 0.188. The summed E-state index contributed by atoms with van der Waals surface area (Å²) in [6.07, 6.45) is 1.75. The molecule has 6 heteroatoms. The summed E-state index contributed by atoms with van der Waals surface area (Å²) in [6.45, 7) is 2.73. The molecular weight excluding hydrogens is 248 g/mol. The zero-order valence-electron chi connectivity index (χ0n) is 10.0. The Hall–Kier alpha value is -1.79. The van der Waals surface area contributed by atoms with E-state index >= 15 is 0 Å². The van der Waals surface area contributed by atoms with Crippen molar-refractivity contribution >= 4 is 17.2 Å². The van der Waals surface area contributed by atoms with E-state index in [-0.39, 0.29) is 5.91 Å². The van der Waals surface area contributed by atoms with Gasteiger partial charge in [0.2, 0.25) is 0 Å². The topological polar surface area (TPSA) is 80.9 Å². The fraction of sp³-hybridized carbons (Fsp3) is 0.250. The van der Waals surface area contributed by atoms with Gasteiger partial charge < -0.3 is 11.1 Å². The second kappa shape index (κ2) is 5.70. The van der Waals surface area contributed by atoms with E-state index in [9.17, 15) is 4.79 Å². The van der Waals surface area contributed by atoms with Gasteiger partial charge in [0, 0.05) is 30.4 Å². The van der Waals surface area contributed by atoms with E-state index < -0.39 is 0 Å². The molecule has 0 atom stereocenters. The number of nitrogens with two attached hydrogens (primary N) is 1. The van der Waals surface area contributed by atoms with Crippen molar-refractivity contribution in [2.75, 3.05) is 0 Å². The fourth-order valence-electron chi connectivity index (χ4n) is 1.38. The lowest BCUT2D eigenvalue weighted by Crippen LogP contribution is -2.23. The summed E-state index contributed by atoms with van der Waals surface area (Å²) in [7, 11) is 0. The zero-order valence-corrected chi connectivity index (χ0v) is 10.8. The van der Waals surface area contributed by atoms with Gasteiger partial charge in [-0.3, -0.25) is 9.78 Å². The minimum Gasteiger partial charge on any atom is -0.347 e. The van der Waals surface area contributed by atoms with Crippen molar-refractivity contribution in [3.63, 3.8) is 0 Å². The maximum atomic E-state index is 11.8. The number of hydrogen-bond acceptors (Lipinski definition) is 5. The third-order valence-electron chi connectivity index (χ3n) is 2.38. The van der Waals surface area contributed by atoms with Gasteiger partial charge in [0.15, 0.2) is 0 Å². The molecule has 0 radical (unpaired) electrons. The maximum Gasteiger partial charge on any atom is 0.271 e. The largest absolute Gasteiger partial charge is 0.347 e. The van der Waals surface area contributed by atoms with Gasteiger partial charge in [-0.1, -0.05) is 6.07 Å². The van der Waals surface area contributed by atoms with Crippen LogP contribution in [0.4, 0.5) is 0 Å². The van der Waals surface area contributed by atoms with Crippen LogP contribution in [0.2, 0.25) is 0 Å². The summed E-state index contributed by atoms with van der Waals surface area (Å²) in [6, 6.07) is 3.85. The number of carbonyl (C=O) groups is 1. The van der Waals surface area contributed by atoms with Crippen molar-refractivity contribution in [3.05, 3.63) is 45.7 Å². The molecule has 0 spiro atoms. The second-order valence-electron chi connectivity index (χ2n) is 3.82. The first-order chi connectivity index (χ1) is 8.69. The van der Waals surface area contributed by atoms with Gasteiger partial charge in [-0.2, -0.15) is 0 Å². The summed E-state index contributed by atoms with van der Waals surface area (Å²) in [5.41, 5.74) is 7.78. The lowest BCUT2D eigenvalue weighted by molar-refractivity contribution is 0.0946. The summed E-state index contributed by atoms with van der Waals surface area (Å²) in [5.74, 6) is -0.188. The van der Waals surface area contributed by atoms with Crippen LogP contribution in [0.1, 0.15) is 26.8 Å². The Morgan fingerprint density at radius 3 is 2.94 bits per heavy atom. The molecule has 0 aliphatic carbocycles. The Bertz CT molecular complexity index is 535. The lowest BCUT2D eigenvalue weighted by atomic mass is 10.2. The summed E-state index contributed by atoms with van der Waals surface area (Å²) >= 11 is 1.39. The van der Waals surface area contributed by atoms with Crippen LogP contribution in [-0.2, 0) is 13.1 Å². The SMILES string of the molecule is Cc1ccc(CNC(=O)c2csc(CN)n2)cn1. The van der Waals surface area contributed by atoms with E-state index in [2.05, 4.69) is 15.3 Å². The summed E-state index contributed by atoms with van der Waals surface area (Å²) in [5, 5.41) is 5.27. The van der Waals surface area contributed by atoms with Crippen molar-refractivity contribution in [1.82, 2.24) is 15.3 Å². The Kier molecular flexibility index (Phi) is 4.01. The number of nitrogens with zero attached hydrogens (tertiary/aromatic N) is 2. The smallest absolute Gasteiger partial charge is 0.271 e.